The predicted octanol–water partition coefficient (Wildman–Crippen LogP) is 2.61. The molecule has 6 nitrogen and oxygen atoms in total. The molecule has 1 aromatic carbocycles. The van der Waals surface area contributed by atoms with Crippen molar-refractivity contribution in [3.05, 3.63) is 39.7 Å². The maximum Gasteiger partial charge on any atom is 0.408 e. The van der Waals surface area contributed by atoms with Crippen molar-refractivity contribution in [2.45, 2.75) is 26.4 Å². The zero-order chi connectivity index (χ0) is 16.0. The summed E-state index contributed by atoms with van der Waals surface area (Å²) in [5.74, 6) is 4.01. The van der Waals surface area contributed by atoms with Gasteiger partial charge < -0.3 is 10.1 Å². The molecule has 0 saturated carbocycles. The number of nitrogens with one attached hydrogen (secondary N) is 1. The lowest BCUT2D eigenvalue weighted by Crippen LogP contribution is -2.32. The number of halogens is 1. The van der Waals surface area contributed by atoms with Gasteiger partial charge in [-0.3, -0.25) is 10.1 Å². The second kappa shape index (κ2) is 6.70. The molecule has 0 unspecified atom stereocenters. The molecule has 0 heterocycles. The van der Waals surface area contributed by atoms with Gasteiger partial charge in [0.15, 0.2) is 0 Å². The highest BCUT2D eigenvalue weighted by molar-refractivity contribution is 5.68. The maximum absolute atomic E-state index is 13.3. The molecule has 0 aromatic heterocycles. The minimum absolute atomic E-state index is 0.0500. The van der Waals surface area contributed by atoms with Crippen molar-refractivity contribution < 1.29 is 18.8 Å². The van der Waals surface area contributed by atoms with Crippen LogP contribution in [0.15, 0.2) is 18.2 Å². The van der Waals surface area contributed by atoms with Gasteiger partial charge in [-0.15, -0.1) is 0 Å². The number of benzene rings is 1. The summed E-state index contributed by atoms with van der Waals surface area (Å²) in [7, 11) is 0. The van der Waals surface area contributed by atoms with E-state index >= 15 is 0 Å². The van der Waals surface area contributed by atoms with E-state index < -0.39 is 28.1 Å². The van der Waals surface area contributed by atoms with Crippen molar-refractivity contribution in [3.8, 4) is 11.8 Å². The smallest absolute Gasteiger partial charge is 0.408 e. The van der Waals surface area contributed by atoms with Gasteiger partial charge in [-0.2, -0.15) is 4.39 Å². The van der Waals surface area contributed by atoms with Crippen LogP contribution in [0.5, 0.6) is 0 Å². The Morgan fingerprint density at radius 1 is 1.48 bits per heavy atom. The van der Waals surface area contributed by atoms with Gasteiger partial charge in [0.1, 0.15) is 11.2 Å². The number of nitro benzene ring substituents is 1. The summed E-state index contributed by atoms with van der Waals surface area (Å²) < 4.78 is 18.3. The Morgan fingerprint density at radius 2 is 2.14 bits per heavy atom. The Hall–Kier alpha value is -2.62. The number of carbonyl (C=O) groups is 1. The van der Waals surface area contributed by atoms with Crippen LogP contribution in [-0.4, -0.2) is 23.2 Å². The number of nitrogens with zero attached hydrogens (tertiary/aromatic N) is 1. The van der Waals surface area contributed by atoms with Crippen molar-refractivity contribution in [1.82, 2.24) is 5.32 Å². The molecule has 0 aliphatic heterocycles. The summed E-state index contributed by atoms with van der Waals surface area (Å²) in [6, 6.07) is 3.65. The monoisotopic (exact) mass is 294 g/mol. The number of amides is 1. The van der Waals surface area contributed by atoms with Crippen molar-refractivity contribution in [2.24, 2.45) is 0 Å². The number of ether oxygens (including phenoxy) is 1. The summed E-state index contributed by atoms with van der Waals surface area (Å²) in [5, 5.41) is 13.1. The summed E-state index contributed by atoms with van der Waals surface area (Å²) in [6.45, 7) is 5.08. The first-order valence-corrected chi connectivity index (χ1v) is 6.09. The van der Waals surface area contributed by atoms with E-state index in [-0.39, 0.29) is 12.1 Å². The Kier molecular flexibility index (Phi) is 5.24. The third-order valence-electron chi connectivity index (χ3n) is 2.11. The molecule has 0 aliphatic carbocycles. The molecule has 21 heavy (non-hydrogen) atoms. The van der Waals surface area contributed by atoms with Crippen LogP contribution >= 0.6 is 0 Å². The van der Waals surface area contributed by atoms with Crippen LogP contribution < -0.4 is 5.32 Å². The number of carbonyl (C=O) groups excluding carboxylic acids is 1. The maximum atomic E-state index is 13.3. The Morgan fingerprint density at radius 3 is 2.71 bits per heavy atom. The number of rotatable bonds is 2. The molecule has 0 spiro atoms. The Balaban J connectivity index is 2.71. The molecule has 0 radical (unpaired) electrons. The van der Waals surface area contributed by atoms with E-state index in [1.54, 1.807) is 20.8 Å². The van der Waals surface area contributed by atoms with Crippen LogP contribution in [0, 0.1) is 27.8 Å². The Bertz CT molecular complexity index is 612. The molecular weight excluding hydrogens is 279 g/mol. The van der Waals surface area contributed by atoms with Gasteiger partial charge in [-0.25, -0.2) is 4.79 Å². The molecule has 112 valence electrons. The second-order valence-corrected chi connectivity index (χ2v) is 5.05. The topological polar surface area (TPSA) is 81.5 Å². The number of hydrogen-bond donors (Lipinski definition) is 1. The van der Waals surface area contributed by atoms with Crippen molar-refractivity contribution in [2.75, 3.05) is 6.54 Å². The van der Waals surface area contributed by atoms with Gasteiger partial charge in [-0.05, 0) is 32.9 Å². The van der Waals surface area contributed by atoms with Crippen LogP contribution in [0.3, 0.4) is 0 Å². The molecule has 1 aromatic rings. The third kappa shape index (κ3) is 5.48. The molecule has 1 N–H and O–H groups in total. The van der Waals surface area contributed by atoms with Crippen molar-refractivity contribution in [1.29, 1.82) is 0 Å². The van der Waals surface area contributed by atoms with Crippen LogP contribution in [0.2, 0.25) is 0 Å². The molecule has 0 atom stereocenters. The fourth-order valence-electron chi connectivity index (χ4n) is 1.37. The molecule has 1 amide bonds. The van der Waals surface area contributed by atoms with E-state index in [1.807, 2.05) is 0 Å². The molecule has 1 rings (SSSR count). The van der Waals surface area contributed by atoms with Crippen LogP contribution in [0.4, 0.5) is 14.9 Å². The van der Waals surface area contributed by atoms with Gasteiger partial charge in [-0.1, -0.05) is 17.9 Å². The first kappa shape index (κ1) is 16.4. The van der Waals surface area contributed by atoms with Crippen LogP contribution in [0.1, 0.15) is 26.3 Å². The minimum atomic E-state index is -0.952. The van der Waals surface area contributed by atoms with Crippen molar-refractivity contribution >= 4 is 11.8 Å². The minimum Gasteiger partial charge on any atom is -0.444 e. The number of alkyl carbamates (subject to hydrolysis) is 1. The molecule has 0 bridgehead atoms. The zero-order valence-electron chi connectivity index (χ0n) is 11.9. The van der Waals surface area contributed by atoms with Crippen LogP contribution in [-0.2, 0) is 4.74 Å². The summed E-state index contributed by atoms with van der Waals surface area (Å²) >= 11 is 0. The lowest BCUT2D eigenvalue weighted by atomic mass is 10.2. The van der Waals surface area contributed by atoms with E-state index in [0.29, 0.717) is 0 Å². The van der Waals surface area contributed by atoms with Gasteiger partial charge in [0.2, 0.25) is 5.82 Å². The lowest BCUT2D eigenvalue weighted by molar-refractivity contribution is -0.387. The fraction of sp³-hybridized carbons (Fsp3) is 0.357. The quantitative estimate of drug-likeness (QED) is 0.516. The largest absolute Gasteiger partial charge is 0.444 e. The van der Waals surface area contributed by atoms with E-state index in [1.165, 1.54) is 12.1 Å². The molecule has 0 fully saturated rings. The van der Waals surface area contributed by atoms with Gasteiger partial charge in [0.05, 0.1) is 11.5 Å². The number of para-hydroxylation sites is 1. The van der Waals surface area contributed by atoms with E-state index in [0.717, 1.165) is 6.07 Å². The van der Waals surface area contributed by atoms with Gasteiger partial charge in [0.25, 0.3) is 0 Å². The highest BCUT2D eigenvalue weighted by atomic mass is 19.1. The fourth-order valence-corrected chi connectivity index (χ4v) is 1.37. The first-order chi connectivity index (χ1) is 9.70. The van der Waals surface area contributed by atoms with Gasteiger partial charge in [0, 0.05) is 0 Å². The van der Waals surface area contributed by atoms with Crippen LogP contribution in [0.25, 0.3) is 0 Å². The number of nitro groups is 1. The third-order valence-corrected chi connectivity index (χ3v) is 2.11. The average Bonchev–Trinajstić information content (AvgIpc) is 2.32. The number of hydrogen-bond acceptors (Lipinski definition) is 4. The highest BCUT2D eigenvalue weighted by Crippen LogP contribution is 2.21. The summed E-state index contributed by atoms with van der Waals surface area (Å²) in [6.07, 6.45) is -0.648. The molecule has 7 heteroatoms. The molecular formula is C14H15FN2O4. The second-order valence-electron chi connectivity index (χ2n) is 5.05. The summed E-state index contributed by atoms with van der Waals surface area (Å²) in [4.78, 5) is 21.2. The molecule has 0 aliphatic rings. The van der Waals surface area contributed by atoms with Gasteiger partial charge >= 0.3 is 11.8 Å². The van der Waals surface area contributed by atoms with E-state index in [9.17, 15) is 19.3 Å². The van der Waals surface area contributed by atoms with E-state index in [4.69, 9.17) is 4.74 Å². The summed E-state index contributed by atoms with van der Waals surface area (Å²) in [5.41, 5.74) is -1.35. The Labute approximate surface area is 121 Å². The standard InChI is InChI=1S/C14H15FN2O4/c1-14(2,3)21-13(18)16-9-5-7-10-6-4-8-11(15)12(10)17(19)20/h4,6,8H,9H2,1-3H3,(H,16,18). The normalized spacial score (nSPS) is 10.3. The average molecular weight is 294 g/mol. The predicted molar refractivity (Wildman–Crippen MR) is 74.2 cm³/mol. The van der Waals surface area contributed by atoms with Crippen molar-refractivity contribution in [3.63, 3.8) is 0 Å². The lowest BCUT2D eigenvalue weighted by Gasteiger charge is -2.18. The zero-order valence-corrected chi connectivity index (χ0v) is 11.9. The highest BCUT2D eigenvalue weighted by Gasteiger charge is 2.18. The van der Waals surface area contributed by atoms with E-state index in [2.05, 4.69) is 17.2 Å². The SMILES string of the molecule is CC(C)(C)OC(=O)NCC#Cc1cccc(F)c1[N+](=O)[O-]. The first-order valence-electron chi connectivity index (χ1n) is 6.09. The molecule has 0 saturated heterocycles.